The van der Waals surface area contributed by atoms with E-state index in [1.54, 1.807) is 12.1 Å². The summed E-state index contributed by atoms with van der Waals surface area (Å²) in [6.45, 7) is 6.95. The Hall–Kier alpha value is -1.19. The summed E-state index contributed by atoms with van der Waals surface area (Å²) in [6.07, 6.45) is 5.43. The van der Waals surface area contributed by atoms with Crippen molar-refractivity contribution in [3.63, 3.8) is 0 Å². The summed E-state index contributed by atoms with van der Waals surface area (Å²) in [5, 5.41) is 0. The van der Waals surface area contributed by atoms with Gasteiger partial charge in [0.2, 0.25) is 0 Å². The van der Waals surface area contributed by atoms with Gasteiger partial charge in [0.1, 0.15) is 5.82 Å². The largest absolute Gasteiger partial charge is 0.381 e. The van der Waals surface area contributed by atoms with E-state index in [2.05, 4.69) is 17.1 Å². The molecule has 0 amide bonds. The van der Waals surface area contributed by atoms with Gasteiger partial charge in [-0.25, -0.2) is 4.39 Å². The molecule has 0 aromatic heterocycles. The minimum Gasteiger partial charge on any atom is -0.381 e. The van der Waals surface area contributed by atoms with E-state index < -0.39 is 0 Å². The van der Waals surface area contributed by atoms with Gasteiger partial charge in [0.15, 0.2) is 0 Å². The smallest absolute Gasteiger partial charge is 0.123 e. The van der Waals surface area contributed by atoms with Gasteiger partial charge < -0.3 is 4.74 Å². The lowest BCUT2D eigenvalue weighted by molar-refractivity contribution is 0.112. The van der Waals surface area contributed by atoms with Crippen LogP contribution in [-0.2, 0) is 4.74 Å². The van der Waals surface area contributed by atoms with E-state index in [4.69, 9.17) is 4.74 Å². The van der Waals surface area contributed by atoms with Gasteiger partial charge in [-0.1, -0.05) is 24.3 Å². The van der Waals surface area contributed by atoms with Crippen LogP contribution in [0.2, 0.25) is 0 Å². The number of benzene rings is 1. The molecule has 0 bridgehead atoms. The second-order valence-corrected chi connectivity index (χ2v) is 5.03. The Morgan fingerprint density at radius 1 is 1.37 bits per heavy atom. The highest BCUT2D eigenvalue weighted by atomic mass is 19.1. The molecule has 2 nitrogen and oxygen atoms in total. The maximum absolute atomic E-state index is 12.8. The van der Waals surface area contributed by atoms with Crippen molar-refractivity contribution in [3.05, 3.63) is 41.7 Å². The molecule has 1 heterocycles. The lowest BCUT2D eigenvalue weighted by Gasteiger charge is -2.13. The number of halogens is 1. The normalized spacial score (nSPS) is 20.4. The number of rotatable bonds is 6. The second kappa shape index (κ2) is 7.41. The summed E-state index contributed by atoms with van der Waals surface area (Å²) >= 11 is 0. The fraction of sp³-hybridized carbons (Fsp3) is 0.500. The standard InChI is InChI=1S/C16H22FNO/c1-2-19-13-15-9-11-18(12-15)10-3-4-14-5-7-16(17)8-6-14/h3-8,15H,2,9-13H2,1H3. The van der Waals surface area contributed by atoms with Gasteiger partial charge in [0.05, 0.1) is 6.61 Å². The van der Waals surface area contributed by atoms with Crippen LogP contribution in [-0.4, -0.2) is 37.7 Å². The molecule has 0 spiro atoms. The molecule has 0 N–H and O–H groups in total. The number of nitrogens with zero attached hydrogens (tertiary/aromatic N) is 1. The molecular formula is C16H22FNO. The monoisotopic (exact) mass is 263 g/mol. The molecule has 1 aliphatic heterocycles. The molecule has 0 aliphatic carbocycles. The zero-order chi connectivity index (χ0) is 13.5. The first-order valence-electron chi connectivity index (χ1n) is 7.00. The van der Waals surface area contributed by atoms with Crippen LogP contribution in [0.5, 0.6) is 0 Å². The zero-order valence-corrected chi connectivity index (χ0v) is 11.5. The van der Waals surface area contributed by atoms with Crippen LogP contribution in [0.15, 0.2) is 30.3 Å². The summed E-state index contributed by atoms with van der Waals surface area (Å²) in [7, 11) is 0. The fourth-order valence-corrected chi connectivity index (χ4v) is 2.41. The lowest BCUT2D eigenvalue weighted by Crippen LogP contribution is -2.21. The quantitative estimate of drug-likeness (QED) is 0.781. The lowest BCUT2D eigenvalue weighted by atomic mass is 10.1. The highest BCUT2D eigenvalue weighted by molar-refractivity contribution is 5.48. The maximum atomic E-state index is 12.8. The van der Waals surface area contributed by atoms with Crippen LogP contribution in [0, 0.1) is 11.7 Å². The van der Waals surface area contributed by atoms with Crippen molar-refractivity contribution in [2.45, 2.75) is 13.3 Å². The molecule has 0 saturated carbocycles. The third-order valence-electron chi connectivity index (χ3n) is 3.47. The summed E-state index contributed by atoms with van der Waals surface area (Å²) in [6, 6.07) is 6.59. The molecule has 1 fully saturated rings. The Balaban J connectivity index is 1.72. The van der Waals surface area contributed by atoms with E-state index in [9.17, 15) is 4.39 Å². The fourth-order valence-electron chi connectivity index (χ4n) is 2.41. The average molecular weight is 263 g/mol. The molecule has 1 aromatic carbocycles. The van der Waals surface area contributed by atoms with E-state index in [0.717, 1.165) is 38.4 Å². The number of hydrogen-bond acceptors (Lipinski definition) is 2. The summed E-state index contributed by atoms with van der Waals surface area (Å²) < 4.78 is 18.2. The molecule has 1 unspecified atom stereocenters. The van der Waals surface area contributed by atoms with E-state index in [1.165, 1.54) is 18.6 Å². The predicted molar refractivity (Wildman–Crippen MR) is 76.5 cm³/mol. The van der Waals surface area contributed by atoms with Gasteiger partial charge in [0, 0.05) is 19.7 Å². The average Bonchev–Trinajstić information content (AvgIpc) is 2.87. The Bertz CT molecular complexity index is 402. The third-order valence-corrected chi connectivity index (χ3v) is 3.47. The third kappa shape index (κ3) is 4.77. The van der Waals surface area contributed by atoms with Crippen LogP contribution in [0.1, 0.15) is 18.9 Å². The van der Waals surface area contributed by atoms with Crippen LogP contribution in [0.3, 0.4) is 0 Å². The molecule has 3 heteroatoms. The first-order valence-corrected chi connectivity index (χ1v) is 7.00. The molecular weight excluding hydrogens is 241 g/mol. The second-order valence-electron chi connectivity index (χ2n) is 5.03. The van der Waals surface area contributed by atoms with Crippen LogP contribution in [0.25, 0.3) is 6.08 Å². The van der Waals surface area contributed by atoms with E-state index in [0.29, 0.717) is 5.92 Å². The minimum absolute atomic E-state index is 0.185. The van der Waals surface area contributed by atoms with Crippen molar-refractivity contribution in [3.8, 4) is 0 Å². The van der Waals surface area contributed by atoms with Crippen molar-refractivity contribution < 1.29 is 9.13 Å². The molecule has 0 radical (unpaired) electrons. The summed E-state index contributed by atoms with van der Waals surface area (Å²) in [5.41, 5.74) is 1.05. The van der Waals surface area contributed by atoms with E-state index in [1.807, 2.05) is 6.92 Å². The zero-order valence-electron chi connectivity index (χ0n) is 11.5. The molecule has 104 valence electrons. The topological polar surface area (TPSA) is 12.5 Å². The van der Waals surface area contributed by atoms with Crippen molar-refractivity contribution >= 4 is 6.08 Å². The molecule has 19 heavy (non-hydrogen) atoms. The molecule has 1 aliphatic rings. The van der Waals surface area contributed by atoms with Gasteiger partial charge in [-0.2, -0.15) is 0 Å². The first kappa shape index (κ1) is 14.2. The Labute approximate surface area is 114 Å². The van der Waals surface area contributed by atoms with Gasteiger partial charge in [0.25, 0.3) is 0 Å². The van der Waals surface area contributed by atoms with Gasteiger partial charge in [-0.3, -0.25) is 4.90 Å². The summed E-state index contributed by atoms with van der Waals surface area (Å²) in [4.78, 5) is 2.43. The number of likely N-dealkylation sites (tertiary alicyclic amines) is 1. The van der Waals surface area contributed by atoms with Crippen LogP contribution < -0.4 is 0 Å². The highest BCUT2D eigenvalue weighted by Crippen LogP contribution is 2.16. The van der Waals surface area contributed by atoms with Gasteiger partial charge in [-0.05, 0) is 43.5 Å². The molecule has 1 aromatic rings. The first-order chi connectivity index (χ1) is 9.28. The highest BCUT2D eigenvalue weighted by Gasteiger charge is 2.21. The Morgan fingerprint density at radius 2 is 2.16 bits per heavy atom. The van der Waals surface area contributed by atoms with Gasteiger partial charge in [-0.15, -0.1) is 0 Å². The predicted octanol–water partition coefficient (Wildman–Crippen LogP) is 3.20. The van der Waals surface area contributed by atoms with Crippen molar-refractivity contribution in [1.29, 1.82) is 0 Å². The summed E-state index contributed by atoms with van der Waals surface area (Å²) in [5.74, 6) is 0.495. The molecule has 2 rings (SSSR count). The SMILES string of the molecule is CCOCC1CCN(CC=Cc2ccc(F)cc2)C1. The molecule has 1 atom stereocenters. The Kier molecular flexibility index (Phi) is 5.55. The van der Waals surface area contributed by atoms with Crippen molar-refractivity contribution in [1.82, 2.24) is 4.90 Å². The van der Waals surface area contributed by atoms with Crippen LogP contribution in [0.4, 0.5) is 4.39 Å². The minimum atomic E-state index is -0.185. The van der Waals surface area contributed by atoms with E-state index >= 15 is 0 Å². The molecule has 1 saturated heterocycles. The van der Waals surface area contributed by atoms with Crippen LogP contribution >= 0.6 is 0 Å². The maximum Gasteiger partial charge on any atom is 0.123 e. The van der Waals surface area contributed by atoms with Crippen molar-refractivity contribution in [2.75, 3.05) is 32.8 Å². The number of hydrogen-bond donors (Lipinski definition) is 0. The van der Waals surface area contributed by atoms with Crippen molar-refractivity contribution in [2.24, 2.45) is 5.92 Å². The number of ether oxygens (including phenoxy) is 1. The van der Waals surface area contributed by atoms with Gasteiger partial charge >= 0.3 is 0 Å². The Morgan fingerprint density at radius 3 is 2.89 bits per heavy atom. The van der Waals surface area contributed by atoms with E-state index in [-0.39, 0.29) is 5.82 Å².